The van der Waals surface area contributed by atoms with Crippen LogP contribution in [-0.4, -0.2) is 36.1 Å². The van der Waals surface area contributed by atoms with Crippen LogP contribution in [0.3, 0.4) is 0 Å². The predicted octanol–water partition coefficient (Wildman–Crippen LogP) is 1.78. The Labute approximate surface area is 139 Å². The number of carbonyl (C=O) groups excluding carboxylic acids is 2. The highest BCUT2D eigenvalue weighted by Gasteiger charge is 2.42. The number of fused-ring (bicyclic) bond motifs is 1. The van der Waals surface area contributed by atoms with E-state index in [4.69, 9.17) is 9.84 Å². The molecule has 1 saturated heterocycles. The van der Waals surface area contributed by atoms with E-state index in [1.807, 2.05) is 6.07 Å². The number of rotatable bonds is 4. The van der Waals surface area contributed by atoms with Gasteiger partial charge >= 0.3 is 5.97 Å². The number of benzene rings is 1. The minimum Gasteiger partial charge on any atom is -0.481 e. The number of ether oxygens (including phenoxy) is 1. The first-order chi connectivity index (χ1) is 11.5. The fourth-order valence-corrected chi connectivity index (χ4v) is 3.25. The van der Waals surface area contributed by atoms with Gasteiger partial charge in [-0.1, -0.05) is 6.07 Å². The van der Waals surface area contributed by atoms with E-state index in [2.05, 4.69) is 10.6 Å². The first-order valence-corrected chi connectivity index (χ1v) is 8.02. The third-order valence-electron chi connectivity index (χ3n) is 4.68. The summed E-state index contributed by atoms with van der Waals surface area (Å²) in [5.41, 5.74) is 1.32. The van der Waals surface area contributed by atoms with Crippen molar-refractivity contribution in [1.29, 1.82) is 0 Å². The summed E-state index contributed by atoms with van der Waals surface area (Å²) in [5.74, 6) is -1.35. The molecule has 1 aromatic carbocycles. The lowest BCUT2D eigenvalue weighted by Gasteiger charge is -2.34. The van der Waals surface area contributed by atoms with Crippen LogP contribution in [0, 0.1) is 5.41 Å². The molecule has 0 atom stereocenters. The number of nitrogens with one attached hydrogen (secondary N) is 2. The first-order valence-electron chi connectivity index (χ1n) is 8.02. The van der Waals surface area contributed by atoms with E-state index < -0.39 is 11.4 Å². The molecule has 0 saturated carbocycles. The fraction of sp³-hybridized carbons (Fsp3) is 0.471. The molecule has 0 radical (unpaired) electrons. The molecule has 0 aliphatic carbocycles. The Morgan fingerprint density at radius 2 is 2.00 bits per heavy atom. The summed E-state index contributed by atoms with van der Waals surface area (Å²) in [7, 11) is 0. The van der Waals surface area contributed by atoms with Gasteiger partial charge in [0.1, 0.15) is 0 Å². The van der Waals surface area contributed by atoms with Gasteiger partial charge in [0.05, 0.1) is 11.8 Å². The van der Waals surface area contributed by atoms with Gasteiger partial charge in [0, 0.05) is 31.0 Å². The molecular formula is C17H20N2O5. The van der Waals surface area contributed by atoms with Crippen molar-refractivity contribution in [1.82, 2.24) is 0 Å². The maximum Gasteiger partial charge on any atom is 0.304 e. The number of anilines is 2. The Hall–Kier alpha value is -2.41. The lowest BCUT2D eigenvalue weighted by Crippen LogP contribution is -2.42. The topological polar surface area (TPSA) is 105 Å². The first kappa shape index (κ1) is 16.4. The van der Waals surface area contributed by atoms with Crippen molar-refractivity contribution < 1.29 is 24.2 Å². The fourth-order valence-electron chi connectivity index (χ4n) is 3.25. The van der Waals surface area contributed by atoms with Crippen LogP contribution in [0.15, 0.2) is 18.2 Å². The highest BCUT2D eigenvalue weighted by Crippen LogP contribution is 2.36. The van der Waals surface area contributed by atoms with Gasteiger partial charge < -0.3 is 20.5 Å². The van der Waals surface area contributed by atoms with Crippen molar-refractivity contribution in [3.05, 3.63) is 23.8 Å². The normalized spacial score (nSPS) is 19.1. The number of amides is 2. The minimum atomic E-state index is -0.996. The van der Waals surface area contributed by atoms with Crippen molar-refractivity contribution in [2.45, 2.75) is 32.1 Å². The Morgan fingerprint density at radius 1 is 1.25 bits per heavy atom. The van der Waals surface area contributed by atoms with E-state index in [1.54, 1.807) is 12.1 Å². The maximum atomic E-state index is 12.7. The predicted molar refractivity (Wildman–Crippen MR) is 86.8 cm³/mol. The van der Waals surface area contributed by atoms with Crippen molar-refractivity contribution in [2.24, 2.45) is 5.41 Å². The summed E-state index contributed by atoms with van der Waals surface area (Å²) in [6.45, 7) is 0.752. The molecule has 2 amide bonds. The summed E-state index contributed by atoms with van der Waals surface area (Å²) in [6, 6.07) is 5.37. The largest absolute Gasteiger partial charge is 0.481 e. The van der Waals surface area contributed by atoms with Crippen molar-refractivity contribution in [3.8, 4) is 0 Å². The average Bonchev–Trinajstić information content (AvgIpc) is 2.54. The molecule has 24 heavy (non-hydrogen) atoms. The molecule has 3 N–H and O–H groups in total. The minimum absolute atomic E-state index is 0.0437. The van der Waals surface area contributed by atoms with Gasteiger partial charge in [-0.2, -0.15) is 0 Å². The van der Waals surface area contributed by atoms with Gasteiger partial charge in [-0.05, 0) is 37.0 Å². The molecule has 0 spiro atoms. The van der Waals surface area contributed by atoms with Crippen molar-refractivity contribution in [2.75, 3.05) is 23.8 Å². The molecule has 2 heterocycles. The number of aryl methyl sites for hydroxylation is 1. The van der Waals surface area contributed by atoms with Crippen LogP contribution < -0.4 is 10.6 Å². The Morgan fingerprint density at radius 3 is 2.71 bits per heavy atom. The van der Waals surface area contributed by atoms with Gasteiger partial charge in [-0.25, -0.2) is 0 Å². The van der Waals surface area contributed by atoms with Gasteiger partial charge in [0.25, 0.3) is 0 Å². The molecule has 0 aromatic heterocycles. The summed E-state index contributed by atoms with van der Waals surface area (Å²) in [4.78, 5) is 35.4. The van der Waals surface area contributed by atoms with Gasteiger partial charge in [0.15, 0.2) is 0 Å². The molecular weight excluding hydrogens is 312 g/mol. The zero-order chi connectivity index (χ0) is 17.2. The number of carboxylic acid groups (broad SMARTS) is 1. The number of hydrogen-bond donors (Lipinski definition) is 3. The average molecular weight is 332 g/mol. The molecule has 0 bridgehead atoms. The quantitative estimate of drug-likeness (QED) is 0.779. The van der Waals surface area contributed by atoms with Crippen LogP contribution in [0.25, 0.3) is 0 Å². The summed E-state index contributed by atoms with van der Waals surface area (Å²) >= 11 is 0. The van der Waals surface area contributed by atoms with Crippen LogP contribution in [0.2, 0.25) is 0 Å². The lowest BCUT2D eigenvalue weighted by molar-refractivity contribution is -0.147. The Bertz CT molecular complexity index is 680. The van der Waals surface area contributed by atoms with Crippen LogP contribution in [-0.2, 0) is 25.5 Å². The molecule has 128 valence electrons. The van der Waals surface area contributed by atoms with Gasteiger partial charge in [-0.15, -0.1) is 0 Å². The Kier molecular flexibility index (Phi) is 4.53. The van der Waals surface area contributed by atoms with Gasteiger partial charge in [-0.3, -0.25) is 14.4 Å². The lowest BCUT2D eigenvalue weighted by atomic mass is 9.76. The summed E-state index contributed by atoms with van der Waals surface area (Å²) < 4.78 is 5.27. The Balaban J connectivity index is 1.78. The standard InChI is InChI=1S/C17H20N2O5/c20-14-4-2-11-1-3-12(9-13(11)19-14)18-16(23)17(10-15(21)22)5-7-24-8-6-17/h1,3,9H,2,4-8,10H2,(H,18,23)(H,19,20)(H,21,22). The number of aliphatic carboxylic acids is 1. The van der Waals surface area contributed by atoms with E-state index in [-0.39, 0.29) is 18.2 Å². The number of carbonyl (C=O) groups is 3. The second-order valence-electron chi connectivity index (χ2n) is 6.34. The third-order valence-corrected chi connectivity index (χ3v) is 4.68. The van der Waals surface area contributed by atoms with Crippen molar-refractivity contribution in [3.63, 3.8) is 0 Å². The molecule has 2 aliphatic rings. The zero-order valence-electron chi connectivity index (χ0n) is 13.3. The van der Waals surface area contributed by atoms with Crippen LogP contribution >= 0.6 is 0 Å². The molecule has 0 unspecified atom stereocenters. The second-order valence-corrected chi connectivity index (χ2v) is 6.34. The van der Waals surface area contributed by atoms with E-state index >= 15 is 0 Å². The summed E-state index contributed by atoms with van der Waals surface area (Å²) in [6.07, 6.45) is 1.68. The molecule has 7 heteroatoms. The summed E-state index contributed by atoms with van der Waals surface area (Å²) in [5, 5.41) is 14.8. The van der Waals surface area contributed by atoms with E-state index in [0.29, 0.717) is 50.3 Å². The van der Waals surface area contributed by atoms with E-state index in [0.717, 1.165) is 5.56 Å². The second kappa shape index (κ2) is 6.60. The molecule has 1 aromatic rings. The smallest absolute Gasteiger partial charge is 0.304 e. The number of hydrogen-bond acceptors (Lipinski definition) is 4. The zero-order valence-corrected chi connectivity index (χ0v) is 13.3. The molecule has 7 nitrogen and oxygen atoms in total. The maximum absolute atomic E-state index is 12.7. The monoisotopic (exact) mass is 332 g/mol. The van der Waals surface area contributed by atoms with E-state index in [9.17, 15) is 14.4 Å². The highest BCUT2D eigenvalue weighted by molar-refractivity contribution is 5.99. The molecule has 1 fully saturated rings. The van der Waals surface area contributed by atoms with Crippen LogP contribution in [0.1, 0.15) is 31.2 Å². The third kappa shape index (κ3) is 3.41. The van der Waals surface area contributed by atoms with Crippen LogP contribution in [0.5, 0.6) is 0 Å². The SMILES string of the molecule is O=C(O)CC1(C(=O)Nc2ccc3c(c2)NC(=O)CC3)CCOCC1. The molecule has 3 rings (SSSR count). The number of carboxylic acids is 1. The van der Waals surface area contributed by atoms with Gasteiger partial charge in [0.2, 0.25) is 11.8 Å². The molecule has 2 aliphatic heterocycles. The van der Waals surface area contributed by atoms with E-state index in [1.165, 1.54) is 0 Å². The van der Waals surface area contributed by atoms with Crippen LogP contribution in [0.4, 0.5) is 11.4 Å². The highest BCUT2D eigenvalue weighted by atomic mass is 16.5. The van der Waals surface area contributed by atoms with Crippen molar-refractivity contribution >= 4 is 29.2 Å².